The van der Waals surface area contributed by atoms with Gasteiger partial charge in [0.15, 0.2) is 5.78 Å². The molecule has 1 N–H and O–H groups in total. The van der Waals surface area contributed by atoms with E-state index in [0.29, 0.717) is 30.9 Å². The van der Waals surface area contributed by atoms with Gasteiger partial charge in [0.05, 0.1) is 12.6 Å². The Morgan fingerprint density at radius 1 is 0.923 bits per heavy atom. The maximum atomic E-state index is 13.2. The highest BCUT2D eigenvalue weighted by molar-refractivity contribution is 5.94. The number of para-hydroxylation sites is 1. The van der Waals surface area contributed by atoms with Crippen molar-refractivity contribution in [2.24, 2.45) is 29.6 Å². The average Bonchev–Trinajstić information content (AvgIpc) is 3.50. The van der Waals surface area contributed by atoms with Crippen LogP contribution in [0.4, 0.5) is 5.69 Å². The lowest BCUT2D eigenvalue weighted by molar-refractivity contribution is -0.123. The van der Waals surface area contributed by atoms with Crippen molar-refractivity contribution in [1.29, 1.82) is 0 Å². The largest absolute Gasteiger partial charge is 0.392 e. The summed E-state index contributed by atoms with van der Waals surface area (Å²) in [6.07, 6.45) is 13.0. The summed E-state index contributed by atoms with van der Waals surface area (Å²) >= 11 is 0. The predicted molar refractivity (Wildman–Crippen MR) is 154 cm³/mol. The molecule has 5 nitrogen and oxygen atoms in total. The quantitative estimate of drug-likeness (QED) is 0.272. The van der Waals surface area contributed by atoms with Gasteiger partial charge in [-0.05, 0) is 80.1 Å². The molecule has 3 fully saturated rings. The van der Waals surface area contributed by atoms with E-state index >= 15 is 0 Å². The van der Waals surface area contributed by atoms with Crippen LogP contribution in [0.15, 0.2) is 72.8 Å². The Labute approximate surface area is 233 Å². The molecule has 208 valence electrons. The number of fused-ring (bicyclic) bond motifs is 1. The number of aliphatic hydroxyl groups excluding tert-OH is 1. The van der Waals surface area contributed by atoms with E-state index in [4.69, 9.17) is 4.74 Å². The van der Waals surface area contributed by atoms with E-state index in [9.17, 15) is 14.7 Å². The van der Waals surface area contributed by atoms with E-state index < -0.39 is 0 Å². The van der Waals surface area contributed by atoms with Gasteiger partial charge in [0.1, 0.15) is 6.61 Å². The van der Waals surface area contributed by atoms with E-state index in [-0.39, 0.29) is 36.2 Å². The van der Waals surface area contributed by atoms with E-state index in [1.807, 2.05) is 66.7 Å². The highest BCUT2D eigenvalue weighted by Gasteiger charge is 2.46. The molecule has 0 bridgehead atoms. The van der Waals surface area contributed by atoms with Crippen LogP contribution < -0.4 is 4.90 Å². The summed E-state index contributed by atoms with van der Waals surface area (Å²) in [7, 11) is 0. The summed E-state index contributed by atoms with van der Waals surface area (Å²) in [5, 5.41) is 10.7. The molecular formula is C34H43NO4. The SMILES string of the molecule is O=C(C=C[C@H]1[C@@H]2CC(CCOCC(=O)N(Cc3ccccc3)c3ccccc3)C[C@H]2C[C@@H]1O)C1CCCCC1. The smallest absolute Gasteiger partial charge is 0.253 e. The van der Waals surface area contributed by atoms with Gasteiger partial charge in [-0.15, -0.1) is 0 Å². The second-order valence-electron chi connectivity index (χ2n) is 11.9. The van der Waals surface area contributed by atoms with Crippen LogP contribution in [-0.4, -0.2) is 36.1 Å². The van der Waals surface area contributed by atoms with Crippen molar-refractivity contribution in [3.63, 3.8) is 0 Å². The number of carbonyl (C=O) groups is 2. The number of hydrogen-bond acceptors (Lipinski definition) is 4. The second-order valence-corrected chi connectivity index (χ2v) is 11.9. The molecule has 2 aromatic rings. The van der Waals surface area contributed by atoms with Crippen LogP contribution in [0.2, 0.25) is 0 Å². The topological polar surface area (TPSA) is 66.8 Å². The number of benzene rings is 2. The third-order valence-electron chi connectivity index (χ3n) is 9.27. The monoisotopic (exact) mass is 529 g/mol. The molecule has 39 heavy (non-hydrogen) atoms. The lowest BCUT2D eigenvalue weighted by atomic mass is 9.84. The lowest BCUT2D eigenvalue weighted by Crippen LogP contribution is -2.33. The first kappa shape index (κ1) is 27.8. The summed E-state index contributed by atoms with van der Waals surface area (Å²) in [5.41, 5.74) is 1.96. The Bertz CT molecular complexity index is 1090. The van der Waals surface area contributed by atoms with Gasteiger partial charge in [-0.25, -0.2) is 0 Å². The van der Waals surface area contributed by atoms with E-state index in [0.717, 1.165) is 62.6 Å². The number of nitrogens with zero attached hydrogens (tertiary/aromatic N) is 1. The number of hydrogen-bond donors (Lipinski definition) is 1. The molecular weight excluding hydrogens is 486 g/mol. The maximum Gasteiger partial charge on any atom is 0.253 e. The van der Waals surface area contributed by atoms with Crippen molar-refractivity contribution in [3.8, 4) is 0 Å². The van der Waals surface area contributed by atoms with E-state index in [1.54, 1.807) is 11.0 Å². The summed E-state index contributed by atoms with van der Waals surface area (Å²) in [4.78, 5) is 27.6. The van der Waals surface area contributed by atoms with Gasteiger partial charge in [0.25, 0.3) is 5.91 Å². The summed E-state index contributed by atoms with van der Waals surface area (Å²) in [6, 6.07) is 19.8. The molecule has 3 aliphatic carbocycles. The van der Waals surface area contributed by atoms with Crippen molar-refractivity contribution in [2.75, 3.05) is 18.1 Å². The third-order valence-corrected chi connectivity index (χ3v) is 9.27. The molecule has 0 heterocycles. The average molecular weight is 530 g/mol. The molecule has 1 unspecified atom stereocenters. The summed E-state index contributed by atoms with van der Waals surface area (Å²) in [6.45, 7) is 1.14. The normalized spacial score (nSPS) is 27.1. The van der Waals surface area contributed by atoms with Gasteiger partial charge in [0, 0.05) is 24.1 Å². The lowest BCUT2D eigenvalue weighted by Gasteiger charge is -2.23. The van der Waals surface area contributed by atoms with Crippen molar-refractivity contribution < 1.29 is 19.4 Å². The Morgan fingerprint density at radius 2 is 1.64 bits per heavy atom. The number of carbonyl (C=O) groups excluding carboxylic acids is 2. The van der Waals surface area contributed by atoms with Crippen molar-refractivity contribution in [1.82, 2.24) is 0 Å². The van der Waals surface area contributed by atoms with Gasteiger partial charge in [-0.1, -0.05) is 73.9 Å². The fourth-order valence-electron chi connectivity index (χ4n) is 7.19. The fourth-order valence-corrected chi connectivity index (χ4v) is 7.19. The van der Waals surface area contributed by atoms with Crippen molar-refractivity contribution >= 4 is 17.4 Å². The number of allylic oxidation sites excluding steroid dienone is 1. The molecule has 0 saturated heterocycles. The molecule has 1 amide bonds. The molecule has 0 aromatic heterocycles. The summed E-state index contributed by atoms with van der Waals surface area (Å²) < 4.78 is 5.91. The van der Waals surface area contributed by atoms with E-state index in [2.05, 4.69) is 0 Å². The van der Waals surface area contributed by atoms with Crippen LogP contribution in [-0.2, 0) is 20.9 Å². The van der Waals surface area contributed by atoms with Crippen LogP contribution in [0.1, 0.15) is 63.4 Å². The van der Waals surface area contributed by atoms with Gasteiger partial charge in [-0.2, -0.15) is 0 Å². The van der Waals surface area contributed by atoms with Gasteiger partial charge in [0.2, 0.25) is 0 Å². The number of aliphatic hydroxyl groups is 1. The number of amides is 1. The first-order valence-corrected chi connectivity index (χ1v) is 15.0. The minimum Gasteiger partial charge on any atom is -0.392 e. The first-order valence-electron chi connectivity index (χ1n) is 15.0. The van der Waals surface area contributed by atoms with Crippen LogP contribution in [0.25, 0.3) is 0 Å². The standard InChI is InChI=1S/C34H43NO4/c36-32(27-12-6-2-7-13-27)17-16-30-31-21-26(20-28(31)22-33(30)37)18-19-39-24-34(38)35(29-14-8-3-9-15-29)23-25-10-4-1-5-11-25/h1,3-5,8-11,14-17,26-28,30-31,33,37H,2,6-7,12-13,18-24H2/t26?,28-,30-,31+,33-/m0/s1. The highest BCUT2D eigenvalue weighted by Crippen LogP contribution is 2.51. The number of ketones is 1. The molecule has 5 rings (SSSR count). The molecule has 2 aromatic carbocycles. The zero-order valence-electron chi connectivity index (χ0n) is 23.0. The minimum absolute atomic E-state index is 0.0377. The molecule has 3 aliphatic rings. The van der Waals surface area contributed by atoms with E-state index in [1.165, 1.54) is 6.42 Å². The number of ether oxygens (including phenoxy) is 1. The highest BCUT2D eigenvalue weighted by atomic mass is 16.5. The number of rotatable bonds is 11. The molecule has 0 aliphatic heterocycles. The number of anilines is 1. The Hall–Kier alpha value is -2.76. The molecule has 0 radical (unpaired) electrons. The second kappa shape index (κ2) is 13.5. The van der Waals surface area contributed by atoms with Crippen molar-refractivity contribution in [3.05, 3.63) is 78.4 Å². The predicted octanol–water partition coefficient (Wildman–Crippen LogP) is 6.36. The third kappa shape index (κ3) is 7.26. The zero-order chi connectivity index (χ0) is 27.0. The Balaban J connectivity index is 1.09. The molecule has 0 spiro atoms. The molecule has 3 saturated carbocycles. The van der Waals surface area contributed by atoms with Gasteiger partial charge < -0.3 is 14.7 Å². The van der Waals surface area contributed by atoms with Crippen LogP contribution in [0, 0.1) is 29.6 Å². The fraction of sp³-hybridized carbons (Fsp3) is 0.529. The first-order chi connectivity index (χ1) is 19.1. The Morgan fingerprint density at radius 3 is 2.38 bits per heavy atom. The van der Waals surface area contributed by atoms with Crippen LogP contribution in [0.3, 0.4) is 0 Å². The summed E-state index contributed by atoms with van der Waals surface area (Å²) in [5.74, 6) is 2.01. The van der Waals surface area contributed by atoms with Crippen LogP contribution >= 0.6 is 0 Å². The molecule has 5 heteroatoms. The molecule has 5 atom stereocenters. The maximum absolute atomic E-state index is 13.2. The Kier molecular flexibility index (Phi) is 9.65. The minimum atomic E-state index is -0.334. The van der Waals surface area contributed by atoms with Gasteiger partial charge >= 0.3 is 0 Å². The van der Waals surface area contributed by atoms with Crippen molar-refractivity contribution in [2.45, 2.75) is 70.4 Å². The van der Waals surface area contributed by atoms with Crippen LogP contribution in [0.5, 0.6) is 0 Å². The van der Waals surface area contributed by atoms with Gasteiger partial charge in [-0.3, -0.25) is 9.59 Å². The zero-order valence-corrected chi connectivity index (χ0v) is 23.0.